The molecule has 0 spiro atoms. The van der Waals surface area contributed by atoms with Crippen molar-refractivity contribution in [1.82, 2.24) is 15.0 Å². The summed E-state index contributed by atoms with van der Waals surface area (Å²) in [5.74, 6) is 1.00. The lowest BCUT2D eigenvalue weighted by Crippen LogP contribution is -2.13. The van der Waals surface area contributed by atoms with Crippen LogP contribution in [0.15, 0.2) is 12.3 Å². The molecule has 0 aliphatic rings. The van der Waals surface area contributed by atoms with Crippen LogP contribution in [0.1, 0.15) is 26.5 Å². The Morgan fingerprint density at radius 3 is 2.79 bits per heavy atom. The minimum atomic E-state index is 0.250. The molecule has 0 atom stereocenters. The Hall–Kier alpha value is -2.24. The van der Waals surface area contributed by atoms with Crippen LogP contribution < -0.4 is 10.6 Å². The molecule has 2 rings (SSSR count). The molecule has 1 amide bonds. The summed E-state index contributed by atoms with van der Waals surface area (Å²) >= 11 is 0. The summed E-state index contributed by atoms with van der Waals surface area (Å²) in [6.07, 6.45) is 3.10. The molecule has 2 heterocycles. The maximum atomic E-state index is 10.5. The first-order valence-corrected chi connectivity index (χ1v) is 6.27. The first kappa shape index (κ1) is 13.2. The van der Waals surface area contributed by atoms with E-state index in [0.29, 0.717) is 11.9 Å². The molecule has 19 heavy (non-hydrogen) atoms. The summed E-state index contributed by atoms with van der Waals surface area (Å²) in [5, 5.41) is 6.63. The number of fused-ring (bicyclic) bond motifs is 1. The van der Waals surface area contributed by atoms with E-state index in [2.05, 4.69) is 32.5 Å². The van der Waals surface area contributed by atoms with Gasteiger partial charge >= 0.3 is 0 Å². The minimum absolute atomic E-state index is 0.250. The molecule has 0 bridgehead atoms. The number of carbonyl (C=O) groups excluding carboxylic acids is 1. The van der Waals surface area contributed by atoms with Crippen LogP contribution in [0.5, 0.6) is 0 Å². The van der Waals surface area contributed by atoms with E-state index in [1.807, 2.05) is 19.9 Å². The quantitative estimate of drug-likeness (QED) is 0.802. The summed E-state index contributed by atoms with van der Waals surface area (Å²) in [4.78, 5) is 23.4. The van der Waals surface area contributed by atoms with Crippen LogP contribution in [-0.2, 0) is 11.2 Å². The van der Waals surface area contributed by atoms with Gasteiger partial charge in [-0.15, -0.1) is 0 Å². The average molecular weight is 259 g/mol. The fourth-order valence-electron chi connectivity index (χ4n) is 1.77. The van der Waals surface area contributed by atoms with Crippen molar-refractivity contribution in [2.24, 2.45) is 0 Å². The van der Waals surface area contributed by atoms with Crippen molar-refractivity contribution in [3.05, 3.63) is 18.0 Å². The Morgan fingerprint density at radius 2 is 2.16 bits per heavy atom. The standard InChI is InChI=1S/C13H17N5O/c1-4-10-5-9-6-14-13(15-7-19)18-11(9)12(17-10)16-8(2)3/h5-8H,4H2,1-3H3,(H,16,17)(H,14,15,18,19). The zero-order valence-corrected chi connectivity index (χ0v) is 11.3. The van der Waals surface area contributed by atoms with Crippen LogP contribution in [-0.4, -0.2) is 27.4 Å². The van der Waals surface area contributed by atoms with E-state index in [-0.39, 0.29) is 12.0 Å². The highest BCUT2D eigenvalue weighted by molar-refractivity contribution is 5.89. The summed E-state index contributed by atoms with van der Waals surface area (Å²) in [7, 11) is 0. The molecule has 0 unspecified atom stereocenters. The maximum Gasteiger partial charge on any atom is 0.229 e. The van der Waals surface area contributed by atoms with Crippen molar-refractivity contribution in [1.29, 1.82) is 0 Å². The Kier molecular flexibility index (Phi) is 3.89. The Labute approximate surface area is 111 Å². The van der Waals surface area contributed by atoms with Gasteiger partial charge in [0.2, 0.25) is 12.4 Å². The normalized spacial score (nSPS) is 10.7. The molecule has 0 radical (unpaired) electrons. The number of anilines is 2. The van der Waals surface area contributed by atoms with Gasteiger partial charge < -0.3 is 5.32 Å². The first-order chi connectivity index (χ1) is 9.13. The predicted molar refractivity (Wildman–Crippen MR) is 75.2 cm³/mol. The number of hydrogen-bond acceptors (Lipinski definition) is 5. The minimum Gasteiger partial charge on any atom is -0.366 e. The van der Waals surface area contributed by atoms with Gasteiger partial charge in [-0.3, -0.25) is 10.1 Å². The van der Waals surface area contributed by atoms with Gasteiger partial charge in [0.15, 0.2) is 5.82 Å². The monoisotopic (exact) mass is 259 g/mol. The number of pyridine rings is 1. The van der Waals surface area contributed by atoms with Crippen LogP contribution in [0.4, 0.5) is 11.8 Å². The lowest BCUT2D eigenvalue weighted by Gasteiger charge is -2.13. The third-order valence-corrected chi connectivity index (χ3v) is 2.59. The van der Waals surface area contributed by atoms with Gasteiger partial charge in [-0.05, 0) is 26.3 Å². The molecule has 2 aromatic heterocycles. The fraction of sp³-hybridized carbons (Fsp3) is 0.385. The van der Waals surface area contributed by atoms with E-state index in [4.69, 9.17) is 0 Å². The fourth-order valence-corrected chi connectivity index (χ4v) is 1.77. The molecule has 6 heteroatoms. The van der Waals surface area contributed by atoms with Crippen LogP contribution >= 0.6 is 0 Å². The molecule has 100 valence electrons. The largest absolute Gasteiger partial charge is 0.366 e. The lowest BCUT2D eigenvalue weighted by atomic mass is 10.2. The van der Waals surface area contributed by atoms with E-state index < -0.39 is 0 Å². The van der Waals surface area contributed by atoms with Gasteiger partial charge in [0, 0.05) is 23.3 Å². The summed E-state index contributed by atoms with van der Waals surface area (Å²) in [6, 6.07) is 2.21. The molecule has 0 saturated heterocycles. The summed E-state index contributed by atoms with van der Waals surface area (Å²) in [6.45, 7) is 6.13. The molecule has 0 saturated carbocycles. The van der Waals surface area contributed by atoms with Crippen LogP contribution in [0.2, 0.25) is 0 Å². The molecular weight excluding hydrogens is 242 g/mol. The number of amides is 1. The van der Waals surface area contributed by atoms with Crippen LogP contribution in [0.3, 0.4) is 0 Å². The van der Waals surface area contributed by atoms with Gasteiger partial charge in [0.1, 0.15) is 5.52 Å². The summed E-state index contributed by atoms with van der Waals surface area (Å²) in [5.41, 5.74) is 1.69. The molecule has 2 aromatic rings. The number of aromatic nitrogens is 3. The number of aryl methyl sites for hydroxylation is 1. The van der Waals surface area contributed by atoms with Crippen molar-refractivity contribution >= 4 is 29.1 Å². The van der Waals surface area contributed by atoms with Gasteiger partial charge in [-0.2, -0.15) is 0 Å². The topological polar surface area (TPSA) is 79.8 Å². The van der Waals surface area contributed by atoms with Crippen molar-refractivity contribution in [3.8, 4) is 0 Å². The molecule has 2 N–H and O–H groups in total. The number of rotatable bonds is 5. The predicted octanol–water partition coefficient (Wildman–Crippen LogP) is 1.98. The van der Waals surface area contributed by atoms with Crippen molar-refractivity contribution in [2.75, 3.05) is 10.6 Å². The van der Waals surface area contributed by atoms with Crippen LogP contribution in [0, 0.1) is 0 Å². The first-order valence-electron chi connectivity index (χ1n) is 6.27. The smallest absolute Gasteiger partial charge is 0.229 e. The number of nitrogens with zero attached hydrogens (tertiary/aromatic N) is 3. The highest BCUT2D eigenvalue weighted by atomic mass is 16.1. The Balaban J connectivity index is 2.58. The molecule has 6 nitrogen and oxygen atoms in total. The van der Waals surface area contributed by atoms with Crippen molar-refractivity contribution in [3.63, 3.8) is 0 Å². The van der Waals surface area contributed by atoms with E-state index >= 15 is 0 Å². The van der Waals surface area contributed by atoms with Gasteiger partial charge in [0.05, 0.1) is 0 Å². The van der Waals surface area contributed by atoms with Gasteiger partial charge in [-0.1, -0.05) is 6.92 Å². The second-order valence-corrected chi connectivity index (χ2v) is 4.51. The second kappa shape index (κ2) is 5.60. The number of hydrogen-bond donors (Lipinski definition) is 2. The Morgan fingerprint density at radius 1 is 1.37 bits per heavy atom. The van der Waals surface area contributed by atoms with Crippen LogP contribution in [0.25, 0.3) is 10.9 Å². The number of carbonyl (C=O) groups is 1. The second-order valence-electron chi connectivity index (χ2n) is 4.51. The third-order valence-electron chi connectivity index (χ3n) is 2.59. The third kappa shape index (κ3) is 2.96. The van der Waals surface area contributed by atoms with Crippen molar-refractivity contribution in [2.45, 2.75) is 33.2 Å². The van der Waals surface area contributed by atoms with Gasteiger partial charge in [0.25, 0.3) is 0 Å². The molecular formula is C13H17N5O. The molecule has 0 aromatic carbocycles. The van der Waals surface area contributed by atoms with E-state index in [9.17, 15) is 4.79 Å². The van der Waals surface area contributed by atoms with E-state index in [0.717, 1.165) is 23.3 Å². The lowest BCUT2D eigenvalue weighted by molar-refractivity contribution is -0.105. The number of nitrogens with one attached hydrogen (secondary N) is 2. The Bertz CT molecular complexity index is 597. The molecule has 0 aliphatic carbocycles. The maximum absolute atomic E-state index is 10.5. The molecule has 0 aliphatic heterocycles. The van der Waals surface area contributed by atoms with E-state index in [1.165, 1.54) is 0 Å². The SMILES string of the molecule is CCc1cc2cnc(NC=O)nc2c(NC(C)C)n1. The zero-order chi connectivity index (χ0) is 13.8. The van der Waals surface area contributed by atoms with Gasteiger partial charge in [-0.25, -0.2) is 15.0 Å². The highest BCUT2D eigenvalue weighted by Gasteiger charge is 2.09. The van der Waals surface area contributed by atoms with E-state index in [1.54, 1.807) is 6.20 Å². The average Bonchev–Trinajstić information content (AvgIpc) is 2.38. The zero-order valence-electron chi connectivity index (χ0n) is 11.3. The van der Waals surface area contributed by atoms with Crippen molar-refractivity contribution < 1.29 is 4.79 Å². The molecule has 0 fully saturated rings. The summed E-state index contributed by atoms with van der Waals surface area (Å²) < 4.78 is 0. The highest BCUT2D eigenvalue weighted by Crippen LogP contribution is 2.22.